The van der Waals surface area contributed by atoms with Gasteiger partial charge in [-0.2, -0.15) is 0 Å². The van der Waals surface area contributed by atoms with Crippen molar-refractivity contribution in [2.45, 2.75) is 25.5 Å². The molecule has 1 atom stereocenters. The molecule has 2 heterocycles. The number of halogens is 1. The summed E-state index contributed by atoms with van der Waals surface area (Å²) in [7, 11) is 0. The maximum absolute atomic E-state index is 13.7. The molecule has 0 saturated carbocycles. The number of benzene rings is 1. The lowest BCUT2D eigenvalue weighted by Gasteiger charge is -2.25. The summed E-state index contributed by atoms with van der Waals surface area (Å²) in [6.07, 6.45) is 2.03. The minimum atomic E-state index is -0.436. The second-order valence-electron chi connectivity index (χ2n) is 5.50. The van der Waals surface area contributed by atoms with Gasteiger partial charge in [-0.3, -0.25) is 0 Å². The zero-order valence-corrected chi connectivity index (χ0v) is 13.5. The average molecular weight is 334 g/mol. The van der Waals surface area contributed by atoms with Gasteiger partial charge in [-0.1, -0.05) is 18.2 Å². The first kappa shape index (κ1) is 16.0. The number of nitrogens with one attached hydrogen (secondary N) is 1. The van der Waals surface area contributed by atoms with E-state index < -0.39 is 5.82 Å². The van der Waals surface area contributed by atoms with Gasteiger partial charge in [-0.05, 0) is 36.4 Å². The van der Waals surface area contributed by atoms with Gasteiger partial charge in [0.2, 0.25) is 0 Å². The second kappa shape index (κ2) is 7.57. The summed E-state index contributed by atoms with van der Waals surface area (Å²) >= 11 is 1.60. The molecule has 23 heavy (non-hydrogen) atoms. The molecule has 1 fully saturated rings. The van der Waals surface area contributed by atoms with Crippen molar-refractivity contribution >= 4 is 23.1 Å². The number of anilines is 1. The highest BCUT2D eigenvalue weighted by atomic mass is 32.1. The smallest absolute Gasteiger partial charge is 0.322 e. The Labute approximate surface area is 138 Å². The zero-order chi connectivity index (χ0) is 16.1. The number of rotatable bonds is 5. The number of hydrogen-bond donors (Lipinski definition) is 1. The minimum absolute atomic E-state index is 0.0568. The highest BCUT2D eigenvalue weighted by Crippen LogP contribution is 2.19. The Hall–Kier alpha value is -1.92. The van der Waals surface area contributed by atoms with E-state index in [0.717, 1.165) is 24.3 Å². The van der Waals surface area contributed by atoms with Crippen LogP contribution in [0.3, 0.4) is 0 Å². The molecule has 2 amide bonds. The Morgan fingerprint density at radius 2 is 2.22 bits per heavy atom. The number of thiophene rings is 1. The Kier molecular flexibility index (Phi) is 5.25. The van der Waals surface area contributed by atoms with Crippen molar-refractivity contribution in [1.82, 2.24) is 4.90 Å². The molecule has 0 spiro atoms. The van der Waals surface area contributed by atoms with Gasteiger partial charge in [0.1, 0.15) is 5.82 Å². The lowest BCUT2D eigenvalue weighted by Crippen LogP contribution is -2.39. The van der Waals surface area contributed by atoms with Gasteiger partial charge in [0.15, 0.2) is 0 Å². The molecule has 1 aliphatic rings. The molecule has 3 rings (SSSR count). The number of urea groups is 1. The summed E-state index contributed by atoms with van der Waals surface area (Å²) < 4.78 is 19.4. The van der Waals surface area contributed by atoms with Crippen LogP contribution < -0.4 is 5.32 Å². The highest BCUT2D eigenvalue weighted by Gasteiger charge is 2.23. The predicted octanol–water partition coefficient (Wildman–Crippen LogP) is 4.10. The van der Waals surface area contributed by atoms with Crippen LogP contribution in [0.4, 0.5) is 14.9 Å². The van der Waals surface area contributed by atoms with E-state index in [-0.39, 0.29) is 17.8 Å². The van der Waals surface area contributed by atoms with Crippen LogP contribution in [0.2, 0.25) is 0 Å². The maximum Gasteiger partial charge on any atom is 0.322 e. The molecule has 0 radical (unpaired) electrons. The number of hydrogen-bond acceptors (Lipinski definition) is 3. The topological polar surface area (TPSA) is 41.6 Å². The van der Waals surface area contributed by atoms with Gasteiger partial charge in [-0.25, -0.2) is 9.18 Å². The average Bonchev–Trinajstić information content (AvgIpc) is 3.22. The van der Waals surface area contributed by atoms with Crippen molar-refractivity contribution in [3.05, 3.63) is 52.5 Å². The van der Waals surface area contributed by atoms with E-state index in [1.165, 1.54) is 6.07 Å². The molecule has 0 aliphatic carbocycles. The standard InChI is InChI=1S/C17H19FN2O2S/c18-15-7-1-2-8-16(15)19-17(21)20(11-13-5-3-9-22-13)12-14-6-4-10-23-14/h1-2,4,6-8,10,13H,3,5,9,11-12H2,(H,19,21). The van der Waals surface area contributed by atoms with E-state index in [1.54, 1.807) is 34.4 Å². The highest BCUT2D eigenvalue weighted by molar-refractivity contribution is 7.09. The molecule has 6 heteroatoms. The molecule has 2 aromatic rings. The molecule has 1 N–H and O–H groups in total. The number of nitrogens with zero attached hydrogens (tertiary/aromatic N) is 1. The third-order valence-corrected chi connectivity index (χ3v) is 4.64. The molecule has 122 valence electrons. The number of ether oxygens (including phenoxy) is 1. The van der Waals surface area contributed by atoms with Crippen LogP contribution >= 0.6 is 11.3 Å². The van der Waals surface area contributed by atoms with E-state index >= 15 is 0 Å². The first-order valence-electron chi connectivity index (χ1n) is 7.67. The van der Waals surface area contributed by atoms with Gasteiger partial charge in [-0.15, -0.1) is 11.3 Å². The van der Waals surface area contributed by atoms with E-state index in [0.29, 0.717) is 13.1 Å². The Balaban J connectivity index is 1.70. The predicted molar refractivity (Wildman–Crippen MR) is 89.1 cm³/mol. The van der Waals surface area contributed by atoms with Crippen molar-refractivity contribution in [1.29, 1.82) is 0 Å². The Morgan fingerprint density at radius 3 is 2.91 bits per heavy atom. The van der Waals surface area contributed by atoms with Crippen molar-refractivity contribution in [2.24, 2.45) is 0 Å². The van der Waals surface area contributed by atoms with Crippen LogP contribution in [0.15, 0.2) is 41.8 Å². The summed E-state index contributed by atoms with van der Waals surface area (Å²) in [5.41, 5.74) is 0.195. The molecule has 1 saturated heterocycles. The number of carbonyl (C=O) groups excluding carboxylic acids is 1. The van der Waals surface area contributed by atoms with Gasteiger partial charge < -0.3 is 15.0 Å². The van der Waals surface area contributed by atoms with Crippen molar-refractivity contribution in [3.63, 3.8) is 0 Å². The van der Waals surface area contributed by atoms with Crippen LogP contribution in [0.1, 0.15) is 17.7 Å². The molecule has 4 nitrogen and oxygen atoms in total. The van der Waals surface area contributed by atoms with Gasteiger partial charge in [0.25, 0.3) is 0 Å². The van der Waals surface area contributed by atoms with E-state index in [9.17, 15) is 9.18 Å². The second-order valence-corrected chi connectivity index (χ2v) is 6.54. The lowest BCUT2D eigenvalue weighted by molar-refractivity contribution is 0.0821. The SMILES string of the molecule is O=C(Nc1ccccc1F)N(Cc1cccs1)CC1CCCO1. The summed E-state index contributed by atoms with van der Waals surface area (Å²) in [5, 5.41) is 4.64. The minimum Gasteiger partial charge on any atom is -0.376 e. The van der Waals surface area contributed by atoms with E-state index in [1.807, 2.05) is 17.5 Å². The zero-order valence-electron chi connectivity index (χ0n) is 12.7. The Bertz CT molecular complexity index is 642. The van der Waals surface area contributed by atoms with Gasteiger partial charge in [0, 0.05) is 18.0 Å². The third kappa shape index (κ3) is 4.30. The third-order valence-electron chi connectivity index (χ3n) is 3.78. The lowest BCUT2D eigenvalue weighted by atomic mass is 10.2. The quantitative estimate of drug-likeness (QED) is 0.894. The molecule has 1 aromatic carbocycles. The summed E-state index contributed by atoms with van der Waals surface area (Å²) in [6.45, 7) is 1.75. The van der Waals surface area contributed by atoms with Crippen LogP contribution in [-0.4, -0.2) is 30.2 Å². The largest absolute Gasteiger partial charge is 0.376 e. The number of amides is 2. The number of para-hydroxylation sites is 1. The normalized spacial score (nSPS) is 17.2. The first-order valence-corrected chi connectivity index (χ1v) is 8.55. The monoisotopic (exact) mass is 334 g/mol. The van der Waals surface area contributed by atoms with Crippen LogP contribution in [0.25, 0.3) is 0 Å². The molecule has 1 unspecified atom stereocenters. The summed E-state index contributed by atoms with van der Waals surface area (Å²) in [4.78, 5) is 15.4. The molecule has 1 aliphatic heterocycles. The van der Waals surface area contributed by atoms with Crippen molar-refractivity contribution in [3.8, 4) is 0 Å². The Morgan fingerprint density at radius 1 is 1.35 bits per heavy atom. The van der Waals surface area contributed by atoms with Gasteiger partial charge in [0.05, 0.1) is 18.3 Å². The summed E-state index contributed by atoms with van der Waals surface area (Å²) in [6, 6.07) is 9.83. The summed E-state index contributed by atoms with van der Waals surface area (Å²) in [5.74, 6) is -0.436. The fourth-order valence-corrected chi connectivity index (χ4v) is 3.32. The first-order chi connectivity index (χ1) is 11.2. The van der Waals surface area contributed by atoms with Crippen LogP contribution in [0.5, 0.6) is 0 Å². The molecule has 1 aromatic heterocycles. The van der Waals surface area contributed by atoms with Crippen molar-refractivity contribution < 1.29 is 13.9 Å². The molecule has 0 bridgehead atoms. The maximum atomic E-state index is 13.7. The number of carbonyl (C=O) groups is 1. The van der Waals surface area contributed by atoms with E-state index in [4.69, 9.17) is 4.74 Å². The van der Waals surface area contributed by atoms with Crippen LogP contribution in [0, 0.1) is 5.82 Å². The molecular formula is C17H19FN2O2S. The van der Waals surface area contributed by atoms with Crippen LogP contribution in [-0.2, 0) is 11.3 Å². The van der Waals surface area contributed by atoms with Gasteiger partial charge >= 0.3 is 6.03 Å². The van der Waals surface area contributed by atoms with Crippen molar-refractivity contribution in [2.75, 3.05) is 18.5 Å². The fourth-order valence-electron chi connectivity index (χ4n) is 2.60. The fraction of sp³-hybridized carbons (Fsp3) is 0.353. The molecular weight excluding hydrogens is 315 g/mol. The van der Waals surface area contributed by atoms with E-state index in [2.05, 4.69) is 5.32 Å².